The number of rotatable bonds is 3. The average Bonchev–Trinajstić information content (AvgIpc) is 3.21. The Kier molecular flexibility index (Phi) is 3.80. The number of carbonyl (C=O) groups excluding carboxylic acids is 1. The fourth-order valence-electron chi connectivity index (χ4n) is 4.01. The van der Waals surface area contributed by atoms with Crippen molar-refractivity contribution in [1.29, 1.82) is 0 Å². The molecule has 2 bridgehead atoms. The van der Waals surface area contributed by atoms with Gasteiger partial charge in [0, 0.05) is 28.5 Å². The highest BCUT2D eigenvalue weighted by molar-refractivity contribution is 7.13. The maximum atomic E-state index is 12.9. The Morgan fingerprint density at radius 3 is 2.79 bits per heavy atom. The van der Waals surface area contributed by atoms with Crippen LogP contribution in [0.4, 0.5) is 0 Å². The molecular formula is C20H21NO2S. The lowest BCUT2D eigenvalue weighted by molar-refractivity contribution is -0.117. The van der Waals surface area contributed by atoms with Gasteiger partial charge in [-0.05, 0) is 49.8 Å². The molecule has 3 nitrogen and oxygen atoms in total. The summed E-state index contributed by atoms with van der Waals surface area (Å²) in [6.07, 6.45) is 3.50. The van der Waals surface area contributed by atoms with Crippen LogP contribution in [0.2, 0.25) is 0 Å². The van der Waals surface area contributed by atoms with Crippen LogP contribution in [0.1, 0.15) is 43.0 Å². The molecule has 0 spiro atoms. The molecule has 2 aliphatic rings. The molecule has 1 aromatic carbocycles. The van der Waals surface area contributed by atoms with Crippen molar-refractivity contribution in [3.8, 4) is 10.6 Å². The molecule has 2 aromatic rings. The third-order valence-corrected chi connectivity index (χ3v) is 6.33. The molecule has 124 valence electrons. The lowest BCUT2D eigenvalue weighted by Crippen LogP contribution is -2.22. The van der Waals surface area contributed by atoms with Crippen LogP contribution in [0.15, 0.2) is 29.3 Å². The molecule has 0 amide bonds. The molecule has 1 aromatic heterocycles. The summed E-state index contributed by atoms with van der Waals surface area (Å²) in [7, 11) is 0. The summed E-state index contributed by atoms with van der Waals surface area (Å²) in [5, 5.41) is 13.7. The number of aromatic nitrogens is 1. The quantitative estimate of drug-likeness (QED) is 0.861. The van der Waals surface area contributed by atoms with Gasteiger partial charge in [-0.2, -0.15) is 0 Å². The zero-order valence-corrected chi connectivity index (χ0v) is 14.8. The van der Waals surface area contributed by atoms with E-state index in [4.69, 9.17) is 0 Å². The van der Waals surface area contributed by atoms with Gasteiger partial charge in [0.1, 0.15) is 10.8 Å². The number of thiazole rings is 1. The van der Waals surface area contributed by atoms with E-state index in [1.807, 2.05) is 18.4 Å². The number of benzene rings is 1. The van der Waals surface area contributed by atoms with Crippen molar-refractivity contribution >= 4 is 22.7 Å². The van der Waals surface area contributed by atoms with Crippen LogP contribution in [0.3, 0.4) is 0 Å². The Bertz CT molecular complexity index is 849. The third kappa shape index (κ3) is 2.40. The van der Waals surface area contributed by atoms with E-state index in [9.17, 15) is 9.90 Å². The molecule has 1 saturated carbocycles. The number of aliphatic hydroxyl groups excluding tert-OH is 1. The second kappa shape index (κ2) is 5.85. The van der Waals surface area contributed by atoms with Crippen LogP contribution in [-0.2, 0) is 11.2 Å². The number of aliphatic hydroxyl groups is 1. The van der Waals surface area contributed by atoms with Gasteiger partial charge < -0.3 is 5.11 Å². The van der Waals surface area contributed by atoms with Crippen LogP contribution in [-0.4, -0.2) is 15.9 Å². The van der Waals surface area contributed by atoms with Crippen molar-refractivity contribution in [2.75, 3.05) is 0 Å². The number of fused-ring (bicyclic) bond motifs is 2. The van der Waals surface area contributed by atoms with Gasteiger partial charge in [0.2, 0.25) is 0 Å². The molecule has 0 saturated heterocycles. The minimum atomic E-state index is 0.0939. The van der Waals surface area contributed by atoms with Gasteiger partial charge in [0.05, 0.1) is 5.57 Å². The van der Waals surface area contributed by atoms with Crippen LogP contribution in [0, 0.1) is 18.8 Å². The normalized spacial score (nSPS) is 23.2. The van der Waals surface area contributed by atoms with Crippen molar-refractivity contribution in [1.82, 2.24) is 4.98 Å². The van der Waals surface area contributed by atoms with Gasteiger partial charge in [-0.3, -0.25) is 4.79 Å². The average molecular weight is 339 g/mol. The summed E-state index contributed by atoms with van der Waals surface area (Å²) in [5.41, 5.74) is 4.61. The number of allylic oxidation sites excluding steroid dienone is 2. The molecule has 24 heavy (non-hydrogen) atoms. The second-order valence-corrected chi connectivity index (χ2v) is 7.71. The molecule has 2 aliphatic carbocycles. The van der Waals surface area contributed by atoms with Crippen molar-refractivity contribution < 1.29 is 9.90 Å². The Labute approximate surface area is 146 Å². The van der Waals surface area contributed by atoms with E-state index >= 15 is 0 Å². The number of hydrogen-bond acceptors (Lipinski definition) is 4. The van der Waals surface area contributed by atoms with Crippen LogP contribution < -0.4 is 0 Å². The molecule has 0 radical (unpaired) electrons. The number of nitrogens with zero attached hydrogens (tertiary/aromatic N) is 1. The maximum Gasteiger partial charge on any atom is 0.169 e. The molecule has 4 rings (SSSR count). The van der Waals surface area contributed by atoms with E-state index in [2.05, 4.69) is 24.0 Å². The zero-order chi connectivity index (χ0) is 16.8. The topological polar surface area (TPSA) is 50.2 Å². The zero-order valence-electron chi connectivity index (χ0n) is 14.0. The van der Waals surface area contributed by atoms with Crippen molar-refractivity contribution in [2.24, 2.45) is 11.8 Å². The monoisotopic (exact) mass is 339 g/mol. The third-order valence-electron chi connectivity index (χ3n) is 5.32. The van der Waals surface area contributed by atoms with E-state index in [1.54, 1.807) is 11.3 Å². The summed E-state index contributed by atoms with van der Waals surface area (Å²) in [6.45, 7) is 4.07. The Balaban J connectivity index is 1.87. The number of aryl methyl sites for hydroxylation is 2. The highest BCUT2D eigenvalue weighted by Crippen LogP contribution is 2.46. The van der Waals surface area contributed by atoms with E-state index in [1.165, 1.54) is 0 Å². The number of hydrogen-bond donors (Lipinski definition) is 1. The first-order chi connectivity index (χ1) is 11.6. The van der Waals surface area contributed by atoms with Gasteiger partial charge in [-0.15, -0.1) is 11.3 Å². The van der Waals surface area contributed by atoms with E-state index in [0.29, 0.717) is 11.3 Å². The lowest BCUT2D eigenvalue weighted by Gasteiger charge is -2.23. The standard InChI is InChI=1S/C20H21NO2S/c1-3-12-4-7-15(20-21-11(2)10-24-20)9-16(12)17-18(22)13-5-6-14(8-13)19(17)23/h4,7,9-10,13-14,22H,3,5-6,8H2,1-2H3/t13-,14+/m0/s1. The maximum absolute atomic E-state index is 12.9. The first-order valence-electron chi connectivity index (χ1n) is 8.61. The predicted octanol–water partition coefficient (Wildman–Crippen LogP) is 4.95. The van der Waals surface area contributed by atoms with Crippen LogP contribution >= 0.6 is 11.3 Å². The number of ketones is 1. The van der Waals surface area contributed by atoms with Crippen LogP contribution in [0.5, 0.6) is 0 Å². The van der Waals surface area contributed by atoms with Gasteiger partial charge >= 0.3 is 0 Å². The first-order valence-corrected chi connectivity index (χ1v) is 9.49. The molecule has 1 fully saturated rings. The Morgan fingerprint density at radius 2 is 2.08 bits per heavy atom. The molecule has 0 unspecified atom stereocenters. The highest BCUT2D eigenvalue weighted by atomic mass is 32.1. The molecular weight excluding hydrogens is 318 g/mol. The van der Waals surface area contributed by atoms with Gasteiger partial charge in [0.15, 0.2) is 5.78 Å². The summed E-state index contributed by atoms with van der Waals surface area (Å²) in [5.74, 6) is 0.703. The summed E-state index contributed by atoms with van der Waals surface area (Å²) in [4.78, 5) is 17.4. The number of Topliss-reactive ketones (excluding diaryl/α,β-unsaturated/α-hetero) is 1. The molecule has 1 N–H and O–H groups in total. The van der Waals surface area contributed by atoms with E-state index < -0.39 is 0 Å². The molecule has 4 heteroatoms. The van der Waals surface area contributed by atoms with Crippen molar-refractivity contribution in [2.45, 2.75) is 39.5 Å². The van der Waals surface area contributed by atoms with Gasteiger partial charge in [-0.1, -0.05) is 19.1 Å². The minimum Gasteiger partial charge on any atom is -0.511 e. The van der Waals surface area contributed by atoms with Gasteiger partial charge in [0.25, 0.3) is 0 Å². The summed E-state index contributed by atoms with van der Waals surface area (Å²) < 4.78 is 0. The number of carbonyl (C=O) groups is 1. The smallest absolute Gasteiger partial charge is 0.169 e. The fourth-order valence-corrected chi connectivity index (χ4v) is 4.80. The van der Waals surface area contributed by atoms with Gasteiger partial charge in [-0.25, -0.2) is 4.98 Å². The van der Waals surface area contributed by atoms with E-state index in [0.717, 1.165) is 53.1 Å². The van der Waals surface area contributed by atoms with E-state index in [-0.39, 0.29) is 17.6 Å². The molecule has 2 atom stereocenters. The van der Waals surface area contributed by atoms with Crippen molar-refractivity contribution in [3.05, 3.63) is 46.2 Å². The largest absolute Gasteiger partial charge is 0.511 e. The van der Waals surface area contributed by atoms with Crippen molar-refractivity contribution in [3.63, 3.8) is 0 Å². The minimum absolute atomic E-state index is 0.0939. The Morgan fingerprint density at radius 1 is 1.29 bits per heavy atom. The van der Waals surface area contributed by atoms with Crippen LogP contribution in [0.25, 0.3) is 16.1 Å². The first kappa shape index (κ1) is 15.6. The Hall–Kier alpha value is -1.94. The second-order valence-electron chi connectivity index (χ2n) is 6.85. The fraction of sp³-hybridized carbons (Fsp3) is 0.400. The SMILES string of the molecule is CCc1ccc(-c2nc(C)cs2)cc1C1=C(O)[C@H]2CC[C@H](C2)C1=O. The molecule has 0 aliphatic heterocycles. The predicted molar refractivity (Wildman–Crippen MR) is 97.1 cm³/mol. The summed E-state index contributed by atoms with van der Waals surface area (Å²) >= 11 is 1.61. The highest BCUT2D eigenvalue weighted by Gasteiger charge is 2.41. The molecule has 1 heterocycles. The summed E-state index contributed by atoms with van der Waals surface area (Å²) in [6, 6.07) is 6.19. The lowest BCUT2D eigenvalue weighted by atomic mass is 9.81.